The van der Waals surface area contributed by atoms with E-state index in [9.17, 15) is 0 Å². The highest BCUT2D eigenvalue weighted by molar-refractivity contribution is 6.11. The van der Waals surface area contributed by atoms with E-state index in [0.29, 0.717) is 0 Å². The van der Waals surface area contributed by atoms with E-state index in [2.05, 4.69) is 12.1 Å². The Balaban J connectivity index is 2.37. The van der Waals surface area contributed by atoms with E-state index >= 15 is 0 Å². The molecule has 2 heteroatoms. The number of fused-ring (bicyclic) bond motifs is 4. The number of nitrogen functional groups attached to an aromatic ring is 2. The lowest BCUT2D eigenvalue weighted by atomic mass is 9.79. The van der Waals surface area contributed by atoms with E-state index < -0.39 is 0 Å². The molecule has 4 N–H and O–H groups in total. The van der Waals surface area contributed by atoms with E-state index in [0.717, 1.165) is 22.5 Å². The summed E-state index contributed by atoms with van der Waals surface area (Å²) < 4.78 is 0. The van der Waals surface area contributed by atoms with E-state index in [1.54, 1.807) is 0 Å². The molecule has 68 valence electrons. The summed E-state index contributed by atoms with van der Waals surface area (Å²) >= 11 is 0. The van der Waals surface area contributed by atoms with Crippen LogP contribution in [0.5, 0.6) is 0 Å². The summed E-state index contributed by atoms with van der Waals surface area (Å²) in [6, 6.07) is 11.9. The number of anilines is 2. The molecule has 0 saturated carbocycles. The third-order valence-corrected chi connectivity index (χ3v) is 2.74. The maximum Gasteiger partial charge on any atom is 0.0401 e. The van der Waals surface area contributed by atoms with Crippen molar-refractivity contribution in [2.75, 3.05) is 11.5 Å². The summed E-state index contributed by atoms with van der Waals surface area (Å²) in [7, 11) is 0. The molecule has 1 aliphatic rings. The van der Waals surface area contributed by atoms with Gasteiger partial charge in [0.05, 0.1) is 0 Å². The third-order valence-electron chi connectivity index (χ3n) is 2.74. The first-order valence-electron chi connectivity index (χ1n) is 4.57. The average molecular weight is 182 g/mol. The fourth-order valence-electron chi connectivity index (χ4n) is 2.07. The Morgan fingerprint density at radius 3 is 1.50 bits per heavy atom. The van der Waals surface area contributed by atoms with Gasteiger partial charge in [0, 0.05) is 22.5 Å². The Morgan fingerprint density at radius 1 is 0.643 bits per heavy atom. The molecule has 2 aromatic rings. The fraction of sp³-hybridized carbons (Fsp3) is 0. The average Bonchev–Trinajstić information content (AvgIpc) is 2.16. The number of hydrogen-bond donors (Lipinski definition) is 2. The van der Waals surface area contributed by atoms with Crippen molar-refractivity contribution < 1.29 is 0 Å². The van der Waals surface area contributed by atoms with Gasteiger partial charge in [-0.1, -0.05) is 24.3 Å². The van der Waals surface area contributed by atoms with Crippen LogP contribution >= 0.6 is 0 Å². The van der Waals surface area contributed by atoms with Gasteiger partial charge in [0.25, 0.3) is 0 Å². The number of hydrogen-bond acceptors (Lipinski definition) is 2. The smallest absolute Gasteiger partial charge is 0.0401 e. The second kappa shape index (κ2) is 2.29. The quantitative estimate of drug-likeness (QED) is 0.525. The van der Waals surface area contributed by atoms with Gasteiger partial charge in [0.1, 0.15) is 0 Å². The number of rotatable bonds is 0. The Morgan fingerprint density at radius 2 is 1.07 bits per heavy atom. The Hall–Kier alpha value is -1.96. The van der Waals surface area contributed by atoms with Gasteiger partial charge in [-0.05, 0) is 23.3 Å². The van der Waals surface area contributed by atoms with Crippen molar-refractivity contribution in [2.45, 2.75) is 0 Å². The molecule has 0 unspecified atom stereocenters. The zero-order valence-electron chi connectivity index (χ0n) is 7.62. The molecule has 0 aromatic heterocycles. The first-order chi connectivity index (χ1) is 6.79. The van der Waals surface area contributed by atoms with Gasteiger partial charge in [-0.15, -0.1) is 0 Å². The summed E-state index contributed by atoms with van der Waals surface area (Å²) in [4.78, 5) is 0. The van der Waals surface area contributed by atoms with Crippen LogP contribution < -0.4 is 11.5 Å². The SMILES string of the molecule is Nc1ccc(N)c2c1-c1ccccc1-2. The van der Waals surface area contributed by atoms with Crippen molar-refractivity contribution in [2.24, 2.45) is 0 Å². The first kappa shape index (κ1) is 7.44. The second-order valence-electron chi connectivity index (χ2n) is 3.54. The highest BCUT2D eigenvalue weighted by atomic mass is 14.6. The Bertz CT molecular complexity index is 482. The van der Waals surface area contributed by atoms with Crippen LogP contribution in [0.15, 0.2) is 36.4 Å². The zero-order chi connectivity index (χ0) is 9.71. The topological polar surface area (TPSA) is 52.0 Å². The molecule has 0 fully saturated rings. The highest BCUT2D eigenvalue weighted by Crippen LogP contribution is 2.52. The van der Waals surface area contributed by atoms with Gasteiger partial charge in [-0.3, -0.25) is 0 Å². The van der Waals surface area contributed by atoms with Crippen LogP contribution in [0.3, 0.4) is 0 Å². The predicted octanol–water partition coefficient (Wildman–Crippen LogP) is 2.50. The van der Waals surface area contributed by atoms with Crippen LogP contribution in [0, 0.1) is 0 Å². The molecule has 0 saturated heterocycles. The van der Waals surface area contributed by atoms with Crippen LogP contribution in [-0.2, 0) is 0 Å². The van der Waals surface area contributed by atoms with Crippen LogP contribution in [0.2, 0.25) is 0 Å². The number of benzene rings is 2. The third kappa shape index (κ3) is 0.708. The molecule has 14 heavy (non-hydrogen) atoms. The van der Waals surface area contributed by atoms with Crippen molar-refractivity contribution in [3.05, 3.63) is 36.4 Å². The summed E-state index contributed by atoms with van der Waals surface area (Å²) in [6.45, 7) is 0. The van der Waals surface area contributed by atoms with E-state index in [1.165, 1.54) is 11.1 Å². The van der Waals surface area contributed by atoms with Crippen molar-refractivity contribution >= 4 is 11.4 Å². The van der Waals surface area contributed by atoms with Gasteiger partial charge >= 0.3 is 0 Å². The van der Waals surface area contributed by atoms with Crippen molar-refractivity contribution in [3.8, 4) is 22.3 Å². The highest BCUT2D eigenvalue weighted by Gasteiger charge is 2.25. The lowest BCUT2D eigenvalue weighted by Crippen LogP contribution is -2.05. The monoisotopic (exact) mass is 182 g/mol. The minimum atomic E-state index is 0.813. The van der Waals surface area contributed by atoms with Gasteiger partial charge in [0.15, 0.2) is 0 Å². The van der Waals surface area contributed by atoms with E-state index in [4.69, 9.17) is 11.5 Å². The molecular formula is C12H10N2. The molecule has 3 rings (SSSR count). The summed E-state index contributed by atoms with van der Waals surface area (Å²) in [6.07, 6.45) is 0. The lowest BCUT2D eigenvalue weighted by Gasteiger charge is -2.26. The molecular weight excluding hydrogens is 172 g/mol. The zero-order valence-corrected chi connectivity index (χ0v) is 7.62. The van der Waals surface area contributed by atoms with Gasteiger partial charge in [-0.25, -0.2) is 0 Å². The van der Waals surface area contributed by atoms with Crippen LogP contribution in [0.4, 0.5) is 11.4 Å². The molecule has 0 radical (unpaired) electrons. The molecule has 1 aliphatic carbocycles. The number of nitrogens with two attached hydrogens (primary N) is 2. The predicted molar refractivity (Wildman–Crippen MR) is 59.7 cm³/mol. The van der Waals surface area contributed by atoms with Crippen LogP contribution in [0.25, 0.3) is 22.3 Å². The van der Waals surface area contributed by atoms with Gasteiger partial charge < -0.3 is 11.5 Å². The van der Waals surface area contributed by atoms with Crippen LogP contribution in [-0.4, -0.2) is 0 Å². The van der Waals surface area contributed by atoms with Crippen molar-refractivity contribution in [1.29, 1.82) is 0 Å². The standard InChI is InChI=1S/C12H10N2/c13-9-5-6-10(14)12-8-4-2-1-3-7(8)11(9)12/h1-6H,13-14H2. The molecule has 2 nitrogen and oxygen atoms in total. The fourth-order valence-corrected chi connectivity index (χ4v) is 2.07. The van der Waals surface area contributed by atoms with Gasteiger partial charge in [0.2, 0.25) is 0 Å². The molecule has 0 spiro atoms. The normalized spacial score (nSPS) is 11.4. The maximum absolute atomic E-state index is 5.90. The van der Waals surface area contributed by atoms with E-state index in [-0.39, 0.29) is 0 Å². The Kier molecular flexibility index (Phi) is 1.22. The molecule has 0 heterocycles. The first-order valence-corrected chi connectivity index (χ1v) is 4.57. The molecule has 0 aliphatic heterocycles. The minimum absolute atomic E-state index is 0.813. The lowest BCUT2D eigenvalue weighted by molar-refractivity contribution is 1.51. The van der Waals surface area contributed by atoms with Gasteiger partial charge in [-0.2, -0.15) is 0 Å². The van der Waals surface area contributed by atoms with Crippen molar-refractivity contribution in [3.63, 3.8) is 0 Å². The molecule has 0 amide bonds. The molecule has 0 atom stereocenters. The molecule has 2 aromatic carbocycles. The minimum Gasteiger partial charge on any atom is -0.398 e. The summed E-state index contributed by atoms with van der Waals surface area (Å²) in [5, 5.41) is 0. The summed E-state index contributed by atoms with van der Waals surface area (Å²) in [5.41, 5.74) is 18.1. The van der Waals surface area contributed by atoms with Crippen molar-refractivity contribution in [1.82, 2.24) is 0 Å². The Labute approximate surface area is 82.2 Å². The summed E-state index contributed by atoms with van der Waals surface area (Å²) in [5.74, 6) is 0. The van der Waals surface area contributed by atoms with Crippen LogP contribution in [0.1, 0.15) is 0 Å². The van der Waals surface area contributed by atoms with E-state index in [1.807, 2.05) is 24.3 Å². The maximum atomic E-state index is 5.90. The second-order valence-corrected chi connectivity index (χ2v) is 3.54. The molecule has 0 bridgehead atoms. The largest absolute Gasteiger partial charge is 0.398 e.